The molecule has 0 fully saturated rings. The maximum absolute atomic E-state index is 11.6. The van der Waals surface area contributed by atoms with Gasteiger partial charge in [-0.1, -0.05) is 0 Å². The molecule has 0 bridgehead atoms. The largest absolute Gasteiger partial charge is 0.399 e. The lowest BCUT2D eigenvalue weighted by molar-refractivity contribution is -0.117. The van der Waals surface area contributed by atoms with Crippen molar-refractivity contribution in [1.82, 2.24) is 10.3 Å². The number of nitrogens with one attached hydrogen (secondary N) is 2. The molecule has 0 spiro atoms. The SMILES string of the molecule is NC(=O)CNC(=O)c1cc2cc(N)ccc2[nH]1. The molecule has 17 heavy (non-hydrogen) atoms. The standard InChI is InChI=1S/C11H12N4O2/c12-7-1-2-8-6(3-7)4-9(15-8)11(17)14-5-10(13)16/h1-4,15H,5,12H2,(H2,13,16)(H,14,17). The van der Waals surface area contributed by atoms with Gasteiger partial charge in [0.1, 0.15) is 5.69 Å². The minimum Gasteiger partial charge on any atom is -0.399 e. The summed E-state index contributed by atoms with van der Waals surface area (Å²) in [6, 6.07) is 6.96. The summed E-state index contributed by atoms with van der Waals surface area (Å²) in [5.74, 6) is -0.961. The molecule has 88 valence electrons. The number of rotatable bonds is 3. The van der Waals surface area contributed by atoms with Crippen molar-refractivity contribution in [2.45, 2.75) is 0 Å². The number of hydrogen-bond donors (Lipinski definition) is 4. The van der Waals surface area contributed by atoms with Crippen LogP contribution in [0, 0.1) is 0 Å². The molecule has 2 rings (SSSR count). The summed E-state index contributed by atoms with van der Waals surface area (Å²) in [5.41, 5.74) is 12.4. The third-order valence-electron chi connectivity index (χ3n) is 2.31. The summed E-state index contributed by atoms with van der Waals surface area (Å²) >= 11 is 0. The van der Waals surface area contributed by atoms with Crippen molar-refractivity contribution in [2.75, 3.05) is 12.3 Å². The fraction of sp³-hybridized carbons (Fsp3) is 0.0909. The molecule has 0 saturated carbocycles. The Labute approximate surface area is 97.0 Å². The normalized spacial score (nSPS) is 10.4. The molecular formula is C11H12N4O2. The van der Waals surface area contributed by atoms with Gasteiger partial charge in [-0.05, 0) is 24.3 Å². The van der Waals surface area contributed by atoms with Gasteiger partial charge in [-0.2, -0.15) is 0 Å². The van der Waals surface area contributed by atoms with E-state index in [0.717, 1.165) is 10.9 Å². The molecule has 2 amide bonds. The summed E-state index contributed by atoms with van der Waals surface area (Å²) in [7, 11) is 0. The Kier molecular flexibility index (Phi) is 2.70. The first kappa shape index (κ1) is 11.0. The summed E-state index contributed by atoms with van der Waals surface area (Å²) in [4.78, 5) is 25.1. The molecule has 6 N–H and O–H groups in total. The van der Waals surface area contributed by atoms with Crippen molar-refractivity contribution in [1.29, 1.82) is 0 Å². The van der Waals surface area contributed by atoms with Crippen LogP contribution < -0.4 is 16.8 Å². The quantitative estimate of drug-likeness (QED) is 0.557. The zero-order chi connectivity index (χ0) is 12.4. The maximum atomic E-state index is 11.6. The van der Waals surface area contributed by atoms with Crippen molar-refractivity contribution in [3.63, 3.8) is 0 Å². The second-order valence-electron chi connectivity index (χ2n) is 3.68. The second kappa shape index (κ2) is 4.17. The van der Waals surface area contributed by atoms with Gasteiger partial charge in [0.2, 0.25) is 5.91 Å². The molecule has 1 heterocycles. The van der Waals surface area contributed by atoms with Crippen molar-refractivity contribution >= 4 is 28.4 Å². The smallest absolute Gasteiger partial charge is 0.268 e. The van der Waals surface area contributed by atoms with E-state index in [9.17, 15) is 9.59 Å². The van der Waals surface area contributed by atoms with Crippen LogP contribution >= 0.6 is 0 Å². The molecule has 0 atom stereocenters. The number of fused-ring (bicyclic) bond motifs is 1. The van der Waals surface area contributed by atoms with Crippen molar-refractivity contribution in [3.05, 3.63) is 30.0 Å². The van der Waals surface area contributed by atoms with Crippen LogP contribution in [0.2, 0.25) is 0 Å². The number of hydrogen-bond acceptors (Lipinski definition) is 3. The number of H-pyrrole nitrogens is 1. The van der Waals surface area contributed by atoms with E-state index in [2.05, 4.69) is 10.3 Å². The number of amides is 2. The summed E-state index contributed by atoms with van der Waals surface area (Å²) in [5, 5.41) is 3.24. The van der Waals surface area contributed by atoms with Crippen LogP contribution in [-0.2, 0) is 4.79 Å². The van der Waals surface area contributed by atoms with Gasteiger partial charge < -0.3 is 21.8 Å². The molecule has 0 aliphatic rings. The van der Waals surface area contributed by atoms with Crippen LogP contribution in [0.4, 0.5) is 5.69 Å². The van der Waals surface area contributed by atoms with Crippen LogP contribution in [0.25, 0.3) is 10.9 Å². The third-order valence-corrected chi connectivity index (χ3v) is 2.31. The van der Waals surface area contributed by atoms with E-state index in [1.54, 1.807) is 24.3 Å². The summed E-state index contributed by atoms with van der Waals surface area (Å²) in [6.07, 6.45) is 0. The minimum absolute atomic E-state index is 0.184. The summed E-state index contributed by atoms with van der Waals surface area (Å²) < 4.78 is 0. The van der Waals surface area contributed by atoms with Crippen molar-refractivity contribution in [3.8, 4) is 0 Å². The van der Waals surface area contributed by atoms with E-state index < -0.39 is 5.91 Å². The molecule has 0 aliphatic carbocycles. The molecule has 1 aromatic carbocycles. The van der Waals surface area contributed by atoms with Crippen LogP contribution in [0.1, 0.15) is 10.5 Å². The molecular weight excluding hydrogens is 220 g/mol. The minimum atomic E-state index is -0.585. The van der Waals surface area contributed by atoms with E-state index in [0.29, 0.717) is 11.4 Å². The predicted octanol–water partition coefficient (Wildman–Crippen LogP) is -0.0348. The average Bonchev–Trinajstić information content (AvgIpc) is 2.68. The highest BCUT2D eigenvalue weighted by Gasteiger charge is 2.09. The number of primary amides is 1. The van der Waals surface area contributed by atoms with Gasteiger partial charge in [0.25, 0.3) is 5.91 Å². The number of nitrogen functional groups attached to an aromatic ring is 1. The Bertz CT molecular complexity index is 588. The number of aromatic nitrogens is 1. The monoisotopic (exact) mass is 232 g/mol. The molecule has 0 aliphatic heterocycles. The van der Waals surface area contributed by atoms with E-state index in [-0.39, 0.29) is 12.5 Å². The first-order valence-electron chi connectivity index (χ1n) is 5.01. The zero-order valence-corrected chi connectivity index (χ0v) is 8.99. The Morgan fingerprint density at radius 2 is 2.06 bits per heavy atom. The molecule has 2 aromatic rings. The topological polar surface area (TPSA) is 114 Å². The fourth-order valence-corrected chi connectivity index (χ4v) is 1.54. The molecule has 0 radical (unpaired) electrons. The Balaban J connectivity index is 2.24. The molecule has 6 heteroatoms. The first-order valence-corrected chi connectivity index (χ1v) is 5.01. The number of carbonyl (C=O) groups excluding carboxylic acids is 2. The van der Waals surface area contributed by atoms with Gasteiger partial charge in [-0.3, -0.25) is 9.59 Å². The number of anilines is 1. The number of carbonyl (C=O) groups is 2. The van der Waals surface area contributed by atoms with Crippen LogP contribution in [-0.4, -0.2) is 23.3 Å². The maximum Gasteiger partial charge on any atom is 0.268 e. The lowest BCUT2D eigenvalue weighted by Crippen LogP contribution is -2.33. The van der Waals surface area contributed by atoms with E-state index in [1.165, 1.54) is 0 Å². The molecule has 6 nitrogen and oxygen atoms in total. The van der Waals surface area contributed by atoms with Crippen LogP contribution in [0.3, 0.4) is 0 Å². The van der Waals surface area contributed by atoms with Gasteiger partial charge in [0, 0.05) is 16.6 Å². The van der Waals surface area contributed by atoms with Gasteiger partial charge >= 0.3 is 0 Å². The summed E-state index contributed by atoms with van der Waals surface area (Å²) in [6.45, 7) is -0.184. The predicted molar refractivity (Wildman–Crippen MR) is 64.2 cm³/mol. The van der Waals surface area contributed by atoms with Crippen LogP contribution in [0.5, 0.6) is 0 Å². The van der Waals surface area contributed by atoms with Gasteiger partial charge in [0.05, 0.1) is 6.54 Å². The highest BCUT2D eigenvalue weighted by atomic mass is 16.2. The van der Waals surface area contributed by atoms with Gasteiger partial charge in [-0.25, -0.2) is 0 Å². The molecule has 0 unspecified atom stereocenters. The number of benzene rings is 1. The van der Waals surface area contributed by atoms with Crippen molar-refractivity contribution in [2.24, 2.45) is 5.73 Å². The molecule has 0 saturated heterocycles. The number of aromatic amines is 1. The van der Waals surface area contributed by atoms with E-state index in [4.69, 9.17) is 11.5 Å². The van der Waals surface area contributed by atoms with E-state index >= 15 is 0 Å². The third kappa shape index (κ3) is 2.36. The average molecular weight is 232 g/mol. The van der Waals surface area contributed by atoms with E-state index in [1.807, 2.05) is 0 Å². The van der Waals surface area contributed by atoms with Crippen molar-refractivity contribution < 1.29 is 9.59 Å². The highest BCUT2D eigenvalue weighted by molar-refractivity contribution is 5.99. The number of nitrogens with two attached hydrogens (primary N) is 2. The van der Waals surface area contributed by atoms with Crippen LogP contribution in [0.15, 0.2) is 24.3 Å². The Morgan fingerprint density at radius 1 is 1.29 bits per heavy atom. The Morgan fingerprint density at radius 3 is 2.76 bits per heavy atom. The first-order chi connectivity index (χ1) is 8.06. The molecule has 1 aromatic heterocycles. The Hall–Kier alpha value is -2.50. The lowest BCUT2D eigenvalue weighted by Gasteiger charge is -1.98. The van der Waals surface area contributed by atoms with Gasteiger partial charge in [-0.15, -0.1) is 0 Å². The highest BCUT2D eigenvalue weighted by Crippen LogP contribution is 2.18. The zero-order valence-electron chi connectivity index (χ0n) is 8.99. The van der Waals surface area contributed by atoms with Gasteiger partial charge in [0.15, 0.2) is 0 Å². The fourth-order valence-electron chi connectivity index (χ4n) is 1.54. The second-order valence-corrected chi connectivity index (χ2v) is 3.68. The lowest BCUT2D eigenvalue weighted by atomic mass is 10.2.